The second-order valence-electron chi connectivity index (χ2n) is 10.0. The molecule has 202 valence electrons. The van der Waals surface area contributed by atoms with E-state index in [1.807, 2.05) is 75.6 Å². The minimum atomic E-state index is -0.524. The molecular weight excluding hydrogens is 514 g/mol. The van der Waals surface area contributed by atoms with Gasteiger partial charge in [-0.15, -0.1) is 0 Å². The van der Waals surface area contributed by atoms with Gasteiger partial charge in [-0.25, -0.2) is 9.50 Å². The van der Waals surface area contributed by atoms with E-state index >= 15 is 0 Å². The van der Waals surface area contributed by atoms with E-state index in [1.165, 1.54) is 0 Å². The first-order chi connectivity index (χ1) is 19.8. The van der Waals surface area contributed by atoms with Crippen molar-refractivity contribution in [2.24, 2.45) is 7.05 Å². The van der Waals surface area contributed by atoms with Crippen LogP contribution in [0.4, 0.5) is 0 Å². The van der Waals surface area contributed by atoms with Crippen molar-refractivity contribution in [3.05, 3.63) is 123 Å². The van der Waals surface area contributed by atoms with E-state index in [0.717, 1.165) is 16.5 Å². The number of benzene rings is 2. The van der Waals surface area contributed by atoms with Gasteiger partial charge < -0.3 is 5.32 Å². The van der Waals surface area contributed by atoms with Gasteiger partial charge in [0.25, 0.3) is 11.5 Å². The average molecular weight is 542 g/mol. The second-order valence-corrected chi connectivity index (χ2v) is 10.0. The Morgan fingerprint density at radius 1 is 1.05 bits per heavy atom. The summed E-state index contributed by atoms with van der Waals surface area (Å²) < 4.78 is 4.93. The molecule has 1 atom stereocenters. The Balaban J connectivity index is 1.49. The van der Waals surface area contributed by atoms with Crippen LogP contribution in [0.2, 0.25) is 0 Å². The van der Waals surface area contributed by atoms with Crippen LogP contribution in [0.25, 0.3) is 22.1 Å². The van der Waals surface area contributed by atoms with E-state index in [1.54, 1.807) is 45.3 Å². The summed E-state index contributed by atoms with van der Waals surface area (Å²) in [5, 5.41) is 12.9. The van der Waals surface area contributed by atoms with Crippen LogP contribution in [-0.4, -0.2) is 34.9 Å². The fourth-order valence-electron chi connectivity index (χ4n) is 5.00. The van der Waals surface area contributed by atoms with Crippen molar-refractivity contribution in [2.45, 2.75) is 26.8 Å². The number of aromatic nitrogens is 6. The number of hydrogen-bond donors (Lipinski definition) is 1. The normalized spacial score (nSPS) is 11.8. The lowest BCUT2D eigenvalue weighted by Crippen LogP contribution is -2.32. The predicted molar refractivity (Wildman–Crippen MR) is 157 cm³/mol. The van der Waals surface area contributed by atoms with Crippen LogP contribution in [0.3, 0.4) is 0 Å². The van der Waals surface area contributed by atoms with Crippen LogP contribution >= 0.6 is 0 Å². The SMILES string of the molecule is Cc1ccc(-n2c([C@@H](C)NC(=O)c3c(C)nn4cccnc34)cc3cccc(C#Cc4cnn(C)c4)c3c2=O)cc1. The summed E-state index contributed by atoms with van der Waals surface area (Å²) in [6, 6.07) is 16.5. The lowest BCUT2D eigenvalue weighted by molar-refractivity contribution is 0.0939. The van der Waals surface area contributed by atoms with Gasteiger partial charge in [-0.2, -0.15) is 10.2 Å². The number of carbonyl (C=O) groups excluding carboxylic acids is 1. The molecule has 41 heavy (non-hydrogen) atoms. The molecule has 1 N–H and O–H groups in total. The summed E-state index contributed by atoms with van der Waals surface area (Å²) in [5.74, 6) is 5.96. The minimum absolute atomic E-state index is 0.215. The first-order valence-electron chi connectivity index (χ1n) is 13.2. The molecule has 0 radical (unpaired) electrons. The zero-order valence-corrected chi connectivity index (χ0v) is 23.1. The van der Waals surface area contributed by atoms with Crippen molar-refractivity contribution in [1.29, 1.82) is 0 Å². The molecule has 0 spiro atoms. The minimum Gasteiger partial charge on any atom is -0.344 e. The Morgan fingerprint density at radius 3 is 2.61 bits per heavy atom. The van der Waals surface area contributed by atoms with Crippen molar-refractivity contribution in [3.63, 3.8) is 0 Å². The molecule has 0 fully saturated rings. The Labute approximate surface area is 236 Å². The summed E-state index contributed by atoms with van der Waals surface area (Å²) in [4.78, 5) is 32.1. The zero-order valence-electron chi connectivity index (χ0n) is 23.1. The van der Waals surface area contributed by atoms with E-state index in [2.05, 4.69) is 32.3 Å². The molecule has 0 aliphatic heterocycles. The summed E-state index contributed by atoms with van der Waals surface area (Å²) in [7, 11) is 1.83. The highest BCUT2D eigenvalue weighted by atomic mass is 16.2. The van der Waals surface area contributed by atoms with Crippen molar-refractivity contribution in [3.8, 4) is 17.5 Å². The molecule has 6 rings (SSSR count). The molecule has 2 aromatic carbocycles. The molecule has 6 aromatic rings. The number of carbonyl (C=O) groups is 1. The van der Waals surface area contributed by atoms with Crippen molar-refractivity contribution in [1.82, 2.24) is 34.3 Å². The standard InChI is InChI=1S/C32H27N7O2/c1-20-9-13-26(14-10-20)39-27(21(2)35-31(40)28-22(3)36-38-16-6-15-33-30(28)38)17-25-8-5-7-24(29(25)32(39)41)12-11-23-18-34-37(4)19-23/h5-10,13-19,21H,1-4H3,(H,35,40)/t21-/m1/s1. The third-order valence-corrected chi connectivity index (χ3v) is 7.00. The average Bonchev–Trinajstić information content (AvgIpc) is 3.53. The van der Waals surface area contributed by atoms with E-state index in [0.29, 0.717) is 39.2 Å². The molecule has 0 aliphatic carbocycles. The molecule has 1 amide bonds. The summed E-state index contributed by atoms with van der Waals surface area (Å²) in [6.07, 6.45) is 6.89. The summed E-state index contributed by atoms with van der Waals surface area (Å²) >= 11 is 0. The highest BCUT2D eigenvalue weighted by molar-refractivity contribution is 6.01. The van der Waals surface area contributed by atoms with Gasteiger partial charge in [-0.05, 0) is 56.5 Å². The molecule has 4 aromatic heterocycles. The van der Waals surface area contributed by atoms with E-state index < -0.39 is 6.04 Å². The molecule has 0 saturated heterocycles. The lowest BCUT2D eigenvalue weighted by Gasteiger charge is -2.21. The number of hydrogen-bond acceptors (Lipinski definition) is 5. The molecule has 0 bridgehead atoms. The van der Waals surface area contributed by atoms with Crippen molar-refractivity contribution >= 4 is 22.3 Å². The van der Waals surface area contributed by atoms with Gasteiger partial charge in [-0.3, -0.25) is 18.8 Å². The van der Waals surface area contributed by atoms with Gasteiger partial charge in [0.15, 0.2) is 5.65 Å². The third kappa shape index (κ3) is 4.76. The van der Waals surface area contributed by atoms with Crippen molar-refractivity contribution in [2.75, 3.05) is 0 Å². The molecule has 9 heteroatoms. The van der Waals surface area contributed by atoms with Crippen LogP contribution < -0.4 is 10.9 Å². The van der Waals surface area contributed by atoms with Gasteiger partial charge in [0.1, 0.15) is 5.56 Å². The number of nitrogens with zero attached hydrogens (tertiary/aromatic N) is 6. The Kier molecular flexibility index (Phi) is 6.44. The Hall–Kier alpha value is -5.49. The first-order valence-corrected chi connectivity index (χ1v) is 13.2. The molecule has 0 unspecified atom stereocenters. The number of rotatable bonds is 4. The van der Waals surface area contributed by atoms with Crippen LogP contribution in [-0.2, 0) is 7.05 Å². The van der Waals surface area contributed by atoms with Gasteiger partial charge in [0.05, 0.1) is 28.9 Å². The maximum Gasteiger partial charge on any atom is 0.264 e. The number of fused-ring (bicyclic) bond motifs is 2. The molecule has 4 heterocycles. The number of pyridine rings is 1. The predicted octanol–water partition coefficient (Wildman–Crippen LogP) is 4.27. The Morgan fingerprint density at radius 2 is 1.85 bits per heavy atom. The van der Waals surface area contributed by atoms with Crippen LogP contribution in [0.1, 0.15) is 51.4 Å². The largest absolute Gasteiger partial charge is 0.344 e. The fourth-order valence-corrected chi connectivity index (χ4v) is 5.00. The maximum absolute atomic E-state index is 14.3. The van der Waals surface area contributed by atoms with Gasteiger partial charge >= 0.3 is 0 Å². The molecular formula is C32H27N7O2. The first kappa shape index (κ1) is 25.8. The lowest BCUT2D eigenvalue weighted by atomic mass is 10.0. The van der Waals surface area contributed by atoms with E-state index in [9.17, 15) is 9.59 Å². The van der Waals surface area contributed by atoms with Crippen LogP contribution in [0, 0.1) is 25.7 Å². The topological polar surface area (TPSA) is 99.1 Å². The zero-order chi connectivity index (χ0) is 28.7. The number of aryl methyl sites for hydroxylation is 3. The molecule has 0 saturated carbocycles. The smallest absolute Gasteiger partial charge is 0.264 e. The fraction of sp³-hybridized carbons (Fsp3) is 0.156. The van der Waals surface area contributed by atoms with Gasteiger partial charge in [0, 0.05) is 42.6 Å². The third-order valence-electron chi connectivity index (χ3n) is 7.00. The van der Waals surface area contributed by atoms with Gasteiger partial charge in [0.2, 0.25) is 0 Å². The second kappa shape index (κ2) is 10.2. The number of amides is 1. The highest BCUT2D eigenvalue weighted by Gasteiger charge is 2.23. The monoisotopic (exact) mass is 541 g/mol. The quantitative estimate of drug-likeness (QED) is 0.336. The van der Waals surface area contributed by atoms with E-state index in [4.69, 9.17) is 0 Å². The maximum atomic E-state index is 14.3. The van der Waals surface area contributed by atoms with E-state index in [-0.39, 0.29) is 11.5 Å². The summed E-state index contributed by atoms with van der Waals surface area (Å²) in [5.41, 5.74) is 5.01. The van der Waals surface area contributed by atoms with Crippen molar-refractivity contribution < 1.29 is 4.79 Å². The molecule has 0 aliphatic rings. The van der Waals surface area contributed by atoms with Crippen LogP contribution in [0.15, 0.2) is 84.2 Å². The highest BCUT2D eigenvalue weighted by Crippen LogP contribution is 2.24. The Bertz CT molecular complexity index is 2070. The van der Waals surface area contributed by atoms with Gasteiger partial charge in [-0.1, -0.05) is 41.7 Å². The number of nitrogens with one attached hydrogen (secondary N) is 1. The molecule has 9 nitrogen and oxygen atoms in total. The van der Waals surface area contributed by atoms with Crippen LogP contribution in [0.5, 0.6) is 0 Å². The summed E-state index contributed by atoms with van der Waals surface area (Å²) in [6.45, 7) is 5.64.